The molecule has 0 aliphatic rings. The fourth-order valence-electron chi connectivity index (χ4n) is 1.81. The predicted molar refractivity (Wildman–Crippen MR) is 83.0 cm³/mol. The van der Waals surface area contributed by atoms with Crippen LogP contribution in [-0.4, -0.2) is 0 Å². The van der Waals surface area contributed by atoms with Gasteiger partial charge in [-0.2, -0.15) is 0 Å². The Kier molecular flexibility index (Phi) is 4.28. The first-order valence-corrected chi connectivity index (χ1v) is 7.71. The Morgan fingerprint density at radius 3 is 2.29 bits per heavy atom. The van der Waals surface area contributed by atoms with Crippen LogP contribution in [0.15, 0.2) is 32.5 Å². The topological polar surface area (TPSA) is 12.0 Å². The summed E-state index contributed by atoms with van der Waals surface area (Å²) in [5, 5.41) is 3.51. The third-order valence-electron chi connectivity index (χ3n) is 2.57. The van der Waals surface area contributed by atoms with Crippen LogP contribution in [0, 0.1) is 13.8 Å². The Balaban J connectivity index is 2.14. The summed E-state index contributed by atoms with van der Waals surface area (Å²) in [5.74, 6) is 0. The Morgan fingerprint density at radius 2 is 1.76 bits per heavy atom. The fraction of sp³-hybridized carbons (Fsp3) is 0.231. The lowest BCUT2D eigenvalue weighted by Crippen LogP contribution is -2.01. The van der Waals surface area contributed by atoms with Crippen LogP contribution in [-0.2, 0) is 6.54 Å². The molecule has 0 aliphatic heterocycles. The van der Waals surface area contributed by atoms with Gasteiger partial charge in [-0.15, -0.1) is 11.3 Å². The van der Waals surface area contributed by atoms with Crippen LogP contribution >= 0.6 is 43.2 Å². The largest absolute Gasteiger partial charge is 0.380 e. The molecule has 2 aromatic rings. The van der Waals surface area contributed by atoms with Crippen LogP contribution in [0.25, 0.3) is 0 Å². The van der Waals surface area contributed by atoms with E-state index in [9.17, 15) is 0 Å². The first-order valence-electron chi connectivity index (χ1n) is 5.31. The minimum Gasteiger partial charge on any atom is -0.380 e. The van der Waals surface area contributed by atoms with Crippen molar-refractivity contribution in [2.45, 2.75) is 20.4 Å². The first kappa shape index (κ1) is 13.1. The van der Waals surface area contributed by atoms with E-state index in [-0.39, 0.29) is 0 Å². The van der Waals surface area contributed by atoms with Gasteiger partial charge in [0.25, 0.3) is 0 Å². The molecule has 4 heteroatoms. The van der Waals surface area contributed by atoms with Gasteiger partial charge in [-0.3, -0.25) is 0 Å². The standard InChI is InChI=1S/C13H13Br2NS/c1-8-5-10(14)6-9(2)13(8)16-7-11-3-4-12(15)17-11/h3-6,16H,7H2,1-2H3. The molecule has 17 heavy (non-hydrogen) atoms. The van der Waals surface area contributed by atoms with Crippen molar-refractivity contribution in [3.63, 3.8) is 0 Å². The molecule has 0 atom stereocenters. The van der Waals surface area contributed by atoms with E-state index < -0.39 is 0 Å². The van der Waals surface area contributed by atoms with Gasteiger partial charge in [-0.05, 0) is 65.2 Å². The van der Waals surface area contributed by atoms with Crippen LogP contribution in [0.2, 0.25) is 0 Å². The van der Waals surface area contributed by atoms with E-state index in [4.69, 9.17) is 0 Å². The van der Waals surface area contributed by atoms with Crippen molar-refractivity contribution in [2.24, 2.45) is 0 Å². The molecule has 1 N–H and O–H groups in total. The van der Waals surface area contributed by atoms with E-state index in [2.05, 4.69) is 75.3 Å². The van der Waals surface area contributed by atoms with Gasteiger partial charge in [0.15, 0.2) is 0 Å². The van der Waals surface area contributed by atoms with Gasteiger partial charge in [0.05, 0.1) is 3.79 Å². The van der Waals surface area contributed by atoms with E-state index in [0.717, 1.165) is 11.0 Å². The quantitative estimate of drug-likeness (QED) is 0.747. The highest BCUT2D eigenvalue weighted by Crippen LogP contribution is 2.27. The molecule has 0 spiro atoms. The van der Waals surface area contributed by atoms with Crippen LogP contribution in [0.5, 0.6) is 0 Å². The van der Waals surface area contributed by atoms with E-state index in [1.807, 2.05) is 0 Å². The molecule has 1 aromatic heterocycles. The number of hydrogen-bond donors (Lipinski definition) is 1. The zero-order valence-corrected chi connectivity index (χ0v) is 13.7. The van der Waals surface area contributed by atoms with Gasteiger partial charge in [-0.1, -0.05) is 15.9 Å². The second-order valence-electron chi connectivity index (χ2n) is 3.97. The lowest BCUT2D eigenvalue weighted by molar-refractivity contribution is 1.16. The minimum atomic E-state index is 0.875. The second kappa shape index (κ2) is 5.55. The molecule has 1 nitrogen and oxygen atoms in total. The van der Waals surface area contributed by atoms with Crippen molar-refractivity contribution >= 4 is 48.9 Å². The number of benzene rings is 1. The average Bonchev–Trinajstić information content (AvgIpc) is 2.62. The molecule has 1 heterocycles. The number of thiophene rings is 1. The van der Waals surface area contributed by atoms with Gasteiger partial charge in [0, 0.05) is 21.6 Å². The van der Waals surface area contributed by atoms with Crippen molar-refractivity contribution < 1.29 is 0 Å². The maximum absolute atomic E-state index is 3.51. The highest BCUT2D eigenvalue weighted by atomic mass is 79.9. The molecular weight excluding hydrogens is 362 g/mol. The molecule has 0 amide bonds. The summed E-state index contributed by atoms with van der Waals surface area (Å²) in [6.07, 6.45) is 0. The summed E-state index contributed by atoms with van der Waals surface area (Å²) in [5.41, 5.74) is 3.78. The molecular formula is C13H13Br2NS. The Labute approximate surface area is 123 Å². The highest BCUT2D eigenvalue weighted by molar-refractivity contribution is 9.11. The number of halogens is 2. The maximum atomic E-state index is 3.51. The summed E-state index contributed by atoms with van der Waals surface area (Å²) in [4.78, 5) is 1.33. The van der Waals surface area contributed by atoms with Crippen molar-refractivity contribution in [1.82, 2.24) is 0 Å². The van der Waals surface area contributed by atoms with Crippen LogP contribution in [0.4, 0.5) is 5.69 Å². The molecule has 90 valence electrons. The third-order valence-corrected chi connectivity index (χ3v) is 4.65. The molecule has 0 saturated carbocycles. The monoisotopic (exact) mass is 373 g/mol. The lowest BCUT2D eigenvalue weighted by Gasteiger charge is -2.12. The van der Waals surface area contributed by atoms with Crippen molar-refractivity contribution in [2.75, 3.05) is 5.32 Å². The number of hydrogen-bond acceptors (Lipinski definition) is 2. The van der Waals surface area contributed by atoms with Gasteiger partial charge in [-0.25, -0.2) is 0 Å². The van der Waals surface area contributed by atoms with Crippen LogP contribution < -0.4 is 5.32 Å². The van der Waals surface area contributed by atoms with E-state index in [0.29, 0.717) is 0 Å². The predicted octanol–water partition coefficient (Wildman–Crippen LogP) is 5.50. The first-order chi connectivity index (χ1) is 8.06. The number of aryl methyl sites for hydroxylation is 2. The Hall–Kier alpha value is -0.320. The van der Waals surface area contributed by atoms with Crippen LogP contribution in [0.3, 0.4) is 0 Å². The third kappa shape index (κ3) is 3.33. The SMILES string of the molecule is Cc1cc(Br)cc(C)c1NCc1ccc(Br)s1. The summed E-state index contributed by atoms with van der Waals surface area (Å²) in [7, 11) is 0. The number of anilines is 1. The van der Waals surface area contributed by atoms with Crippen LogP contribution in [0.1, 0.15) is 16.0 Å². The second-order valence-corrected chi connectivity index (χ2v) is 7.44. The smallest absolute Gasteiger partial charge is 0.0702 e. The fourth-order valence-corrected chi connectivity index (χ4v) is 3.92. The molecule has 0 saturated heterocycles. The summed E-state index contributed by atoms with van der Waals surface area (Å²) >= 11 is 8.76. The Morgan fingerprint density at radius 1 is 1.12 bits per heavy atom. The molecule has 0 aliphatic carbocycles. The Bertz CT molecular complexity index is 511. The lowest BCUT2D eigenvalue weighted by atomic mass is 10.1. The highest BCUT2D eigenvalue weighted by Gasteiger charge is 2.04. The van der Waals surface area contributed by atoms with Crippen molar-refractivity contribution in [3.8, 4) is 0 Å². The van der Waals surface area contributed by atoms with Crippen molar-refractivity contribution in [1.29, 1.82) is 0 Å². The summed E-state index contributed by atoms with van der Waals surface area (Å²) in [6, 6.07) is 8.51. The normalized spacial score (nSPS) is 10.6. The molecule has 0 fully saturated rings. The number of rotatable bonds is 3. The van der Waals surface area contributed by atoms with Gasteiger partial charge >= 0.3 is 0 Å². The van der Waals surface area contributed by atoms with Gasteiger partial charge in [0.2, 0.25) is 0 Å². The average molecular weight is 375 g/mol. The van der Waals surface area contributed by atoms with E-state index in [1.165, 1.54) is 25.5 Å². The molecule has 0 unspecified atom stereocenters. The van der Waals surface area contributed by atoms with Crippen molar-refractivity contribution in [3.05, 3.63) is 48.5 Å². The molecule has 2 rings (SSSR count). The summed E-state index contributed by atoms with van der Waals surface area (Å²) in [6.45, 7) is 5.13. The van der Waals surface area contributed by atoms with E-state index in [1.54, 1.807) is 11.3 Å². The molecule has 1 aromatic carbocycles. The van der Waals surface area contributed by atoms with Gasteiger partial charge in [0.1, 0.15) is 0 Å². The maximum Gasteiger partial charge on any atom is 0.0702 e. The molecule has 0 bridgehead atoms. The zero-order valence-electron chi connectivity index (χ0n) is 9.68. The summed E-state index contributed by atoms with van der Waals surface area (Å²) < 4.78 is 2.32. The van der Waals surface area contributed by atoms with E-state index >= 15 is 0 Å². The number of nitrogens with one attached hydrogen (secondary N) is 1. The molecule has 0 radical (unpaired) electrons. The zero-order chi connectivity index (χ0) is 12.4. The van der Waals surface area contributed by atoms with Gasteiger partial charge < -0.3 is 5.32 Å². The minimum absolute atomic E-state index is 0.875.